The van der Waals surface area contributed by atoms with E-state index in [1.165, 1.54) is 22.5 Å². The van der Waals surface area contributed by atoms with Crippen molar-refractivity contribution in [2.24, 2.45) is 0 Å². The van der Waals surface area contributed by atoms with Gasteiger partial charge in [-0.15, -0.1) is 6.58 Å². The van der Waals surface area contributed by atoms with Crippen molar-refractivity contribution in [2.75, 3.05) is 6.54 Å². The van der Waals surface area contributed by atoms with Gasteiger partial charge in [-0.3, -0.25) is 9.58 Å². The van der Waals surface area contributed by atoms with E-state index in [0.29, 0.717) is 6.04 Å². The van der Waals surface area contributed by atoms with Crippen LogP contribution in [-0.4, -0.2) is 31.2 Å². The fourth-order valence-corrected chi connectivity index (χ4v) is 3.61. The maximum atomic E-state index is 4.63. The standard InChI is InChI=1S/C20H23N5/c1-2-9-25-14-17(12-23-25)13-24-10-8-18-20(22-15-21-18)19(24)11-16-6-4-3-5-7-16/h2-7,12,14-15,19H,1,8-11,13H2,(H,21,22). The van der Waals surface area contributed by atoms with Crippen LogP contribution in [0.4, 0.5) is 0 Å². The second-order valence-electron chi connectivity index (χ2n) is 6.55. The molecule has 0 saturated heterocycles. The quantitative estimate of drug-likeness (QED) is 0.705. The zero-order chi connectivity index (χ0) is 17.1. The summed E-state index contributed by atoms with van der Waals surface area (Å²) >= 11 is 0. The Hall–Kier alpha value is -2.66. The molecular weight excluding hydrogens is 310 g/mol. The largest absolute Gasteiger partial charge is 0.348 e. The van der Waals surface area contributed by atoms with Gasteiger partial charge in [0.2, 0.25) is 0 Å². The fraction of sp³-hybridized carbons (Fsp3) is 0.300. The van der Waals surface area contributed by atoms with E-state index >= 15 is 0 Å². The van der Waals surface area contributed by atoms with Crippen LogP contribution in [0.1, 0.15) is 28.6 Å². The maximum absolute atomic E-state index is 4.63. The number of nitrogens with zero attached hydrogens (tertiary/aromatic N) is 4. The second-order valence-corrected chi connectivity index (χ2v) is 6.55. The highest BCUT2D eigenvalue weighted by Gasteiger charge is 2.29. The number of hydrogen-bond donors (Lipinski definition) is 1. The van der Waals surface area contributed by atoms with Gasteiger partial charge in [-0.1, -0.05) is 36.4 Å². The van der Waals surface area contributed by atoms with Crippen LogP contribution < -0.4 is 0 Å². The number of allylic oxidation sites excluding steroid dienone is 1. The van der Waals surface area contributed by atoms with Gasteiger partial charge in [0.1, 0.15) is 0 Å². The number of aromatic nitrogens is 4. The first-order chi connectivity index (χ1) is 12.3. The molecule has 0 bridgehead atoms. The van der Waals surface area contributed by atoms with Gasteiger partial charge in [0.25, 0.3) is 0 Å². The van der Waals surface area contributed by atoms with Crippen LogP contribution >= 0.6 is 0 Å². The van der Waals surface area contributed by atoms with Crippen LogP contribution in [0.5, 0.6) is 0 Å². The third kappa shape index (κ3) is 3.42. The number of nitrogens with one attached hydrogen (secondary N) is 1. The van der Waals surface area contributed by atoms with E-state index in [2.05, 4.69) is 63.1 Å². The molecule has 0 spiro atoms. The van der Waals surface area contributed by atoms with E-state index < -0.39 is 0 Å². The van der Waals surface area contributed by atoms with Crippen LogP contribution in [-0.2, 0) is 25.9 Å². The van der Waals surface area contributed by atoms with Crippen molar-refractivity contribution in [3.05, 3.63) is 84.2 Å². The zero-order valence-electron chi connectivity index (χ0n) is 14.3. The van der Waals surface area contributed by atoms with Gasteiger partial charge >= 0.3 is 0 Å². The van der Waals surface area contributed by atoms with Crippen LogP contribution in [0, 0.1) is 0 Å². The molecule has 25 heavy (non-hydrogen) atoms. The van der Waals surface area contributed by atoms with E-state index in [1.54, 1.807) is 0 Å². The van der Waals surface area contributed by atoms with Gasteiger partial charge in [-0.25, -0.2) is 4.98 Å². The Balaban J connectivity index is 1.57. The minimum absolute atomic E-state index is 0.292. The van der Waals surface area contributed by atoms with Gasteiger partial charge < -0.3 is 4.98 Å². The molecule has 0 radical (unpaired) electrons. The van der Waals surface area contributed by atoms with E-state index in [9.17, 15) is 0 Å². The van der Waals surface area contributed by atoms with Crippen LogP contribution in [0.2, 0.25) is 0 Å². The summed E-state index contributed by atoms with van der Waals surface area (Å²) in [6, 6.07) is 11.0. The summed E-state index contributed by atoms with van der Waals surface area (Å²) in [5, 5.41) is 4.41. The summed E-state index contributed by atoms with van der Waals surface area (Å²) < 4.78 is 1.93. The SMILES string of the molecule is C=CCn1cc(CN2CCc3[nH]cnc3C2Cc2ccccc2)cn1. The molecule has 0 amide bonds. The molecule has 5 nitrogen and oxygen atoms in total. The predicted octanol–water partition coefficient (Wildman–Crippen LogP) is 3.13. The minimum Gasteiger partial charge on any atom is -0.348 e. The Bertz CT molecular complexity index is 833. The fourth-order valence-electron chi connectivity index (χ4n) is 3.61. The Morgan fingerprint density at radius 2 is 2.12 bits per heavy atom. The Labute approximate surface area is 148 Å². The lowest BCUT2D eigenvalue weighted by Gasteiger charge is -2.34. The molecule has 1 aliphatic heterocycles. The normalized spacial score (nSPS) is 17.4. The highest BCUT2D eigenvalue weighted by Crippen LogP contribution is 2.31. The Morgan fingerprint density at radius 1 is 1.24 bits per heavy atom. The summed E-state index contributed by atoms with van der Waals surface area (Å²) in [7, 11) is 0. The molecule has 3 heterocycles. The second kappa shape index (κ2) is 7.07. The number of hydrogen-bond acceptors (Lipinski definition) is 3. The maximum Gasteiger partial charge on any atom is 0.0925 e. The van der Waals surface area contributed by atoms with Gasteiger partial charge in [0.15, 0.2) is 0 Å². The average molecular weight is 333 g/mol. The topological polar surface area (TPSA) is 49.7 Å². The summed E-state index contributed by atoms with van der Waals surface area (Å²) in [4.78, 5) is 10.5. The highest BCUT2D eigenvalue weighted by molar-refractivity contribution is 5.25. The zero-order valence-corrected chi connectivity index (χ0v) is 14.3. The number of imidazole rings is 1. The molecule has 1 unspecified atom stereocenters. The molecule has 5 heteroatoms. The van der Waals surface area contributed by atoms with Crippen LogP contribution in [0.3, 0.4) is 0 Å². The summed E-state index contributed by atoms with van der Waals surface area (Å²) in [6.45, 7) is 6.44. The number of benzene rings is 1. The molecule has 1 N–H and O–H groups in total. The van der Waals surface area contributed by atoms with E-state index in [0.717, 1.165) is 32.5 Å². The molecule has 0 fully saturated rings. The van der Waals surface area contributed by atoms with Crippen molar-refractivity contribution in [2.45, 2.75) is 32.0 Å². The summed E-state index contributed by atoms with van der Waals surface area (Å²) in [5.41, 5.74) is 5.04. The number of fused-ring (bicyclic) bond motifs is 1. The highest BCUT2D eigenvalue weighted by atomic mass is 15.3. The van der Waals surface area contributed by atoms with Gasteiger partial charge in [-0.2, -0.15) is 5.10 Å². The molecule has 0 aliphatic carbocycles. The molecule has 3 aromatic rings. The van der Waals surface area contributed by atoms with Gasteiger partial charge in [0.05, 0.1) is 30.8 Å². The number of aromatic amines is 1. The predicted molar refractivity (Wildman–Crippen MR) is 98.0 cm³/mol. The van der Waals surface area contributed by atoms with Crippen molar-refractivity contribution in [3.63, 3.8) is 0 Å². The molecular formula is C20H23N5. The van der Waals surface area contributed by atoms with E-state index in [4.69, 9.17) is 0 Å². The minimum atomic E-state index is 0.292. The molecule has 2 aromatic heterocycles. The van der Waals surface area contributed by atoms with E-state index in [-0.39, 0.29) is 0 Å². The molecule has 0 saturated carbocycles. The first kappa shape index (κ1) is 15.8. The monoisotopic (exact) mass is 333 g/mol. The average Bonchev–Trinajstić information content (AvgIpc) is 3.28. The summed E-state index contributed by atoms with van der Waals surface area (Å²) in [6.07, 6.45) is 9.76. The lowest BCUT2D eigenvalue weighted by Crippen LogP contribution is -2.36. The van der Waals surface area contributed by atoms with Crippen molar-refractivity contribution in [1.29, 1.82) is 0 Å². The first-order valence-corrected chi connectivity index (χ1v) is 8.76. The molecule has 4 rings (SSSR count). The Kier molecular flexibility index (Phi) is 4.48. The van der Waals surface area contributed by atoms with Crippen LogP contribution in [0.15, 0.2) is 61.7 Å². The number of rotatable bonds is 6. The Morgan fingerprint density at radius 3 is 2.96 bits per heavy atom. The molecule has 128 valence electrons. The first-order valence-electron chi connectivity index (χ1n) is 8.76. The van der Waals surface area contributed by atoms with Crippen molar-refractivity contribution >= 4 is 0 Å². The number of H-pyrrole nitrogens is 1. The molecule has 1 atom stereocenters. The van der Waals surface area contributed by atoms with Crippen LogP contribution in [0.25, 0.3) is 0 Å². The van der Waals surface area contributed by atoms with Crippen molar-refractivity contribution in [1.82, 2.24) is 24.6 Å². The van der Waals surface area contributed by atoms with Crippen molar-refractivity contribution < 1.29 is 0 Å². The van der Waals surface area contributed by atoms with Gasteiger partial charge in [0, 0.05) is 37.0 Å². The molecule has 1 aliphatic rings. The lowest BCUT2D eigenvalue weighted by molar-refractivity contribution is 0.170. The summed E-state index contributed by atoms with van der Waals surface area (Å²) in [5.74, 6) is 0. The van der Waals surface area contributed by atoms with E-state index in [1.807, 2.05) is 23.3 Å². The third-order valence-electron chi connectivity index (χ3n) is 4.82. The van der Waals surface area contributed by atoms with Crippen molar-refractivity contribution in [3.8, 4) is 0 Å². The van der Waals surface area contributed by atoms with Gasteiger partial charge in [-0.05, 0) is 12.0 Å². The lowest BCUT2D eigenvalue weighted by atomic mass is 9.95. The molecule has 1 aromatic carbocycles. The third-order valence-corrected chi connectivity index (χ3v) is 4.82. The smallest absolute Gasteiger partial charge is 0.0925 e.